The van der Waals surface area contributed by atoms with Gasteiger partial charge in [0.15, 0.2) is 0 Å². The van der Waals surface area contributed by atoms with Crippen molar-refractivity contribution in [3.05, 3.63) is 0 Å². The molecule has 60 valence electrons. The van der Waals surface area contributed by atoms with Crippen molar-refractivity contribution in [1.29, 1.82) is 0 Å². The Morgan fingerprint density at radius 1 is 1.18 bits per heavy atom. The first-order valence-corrected chi connectivity index (χ1v) is 7.34. The molecule has 2 nitrogen and oxygen atoms in total. The molecule has 0 amide bonds. The summed E-state index contributed by atoms with van der Waals surface area (Å²) in [6.45, 7) is 7.98. The van der Waals surface area contributed by atoms with Crippen LogP contribution in [0.2, 0.25) is 19.6 Å². The van der Waals surface area contributed by atoms with Crippen molar-refractivity contribution in [1.82, 2.24) is 0 Å². The molecule has 11 heavy (non-hydrogen) atoms. The fourth-order valence-corrected chi connectivity index (χ4v) is 1.27. The van der Waals surface area contributed by atoms with Crippen molar-refractivity contribution in [2.24, 2.45) is 0 Å². The highest BCUT2D eigenvalue weighted by atomic mass is 28.3. The molecule has 1 fully saturated rings. The molecular weight excluding hydrogens is 155 g/mol. The molecule has 1 saturated heterocycles. The van der Waals surface area contributed by atoms with Crippen LogP contribution in [-0.2, 0) is 9.31 Å². The summed E-state index contributed by atoms with van der Waals surface area (Å²) in [7, 11) is -1.49. The van der Waals surface area contributed by atoms with Crippen LogP contribution < -0.4 is 0 Å². The van der Waals surface area contributed by atoms with E-state index in [0.29, 0.717) is 13.2 Å². The molecular formula is C7H13BO2Si. The predicted octanol–water partition coefficient (Wildman–Crippen LogP) is 0.941. The average Bonchev–Trinajstić information content (AvgIpc) is 2.32. The highest BCUT2D eigenvalue weighted by molar-refractivity contribution is 6.84. The number of hydrogen-bond donors (Lipinski definition) is 0. The van der Waals surface area contributed by atoms with Gasteiger partial charge in [0.1, 0.15) is 8.07 Å². The third-order valence-electron chi connectivity index (χ3n) is 1.19. The SMILES string of the molecule is C[Si](C)(C)C#CB1OCCO1. The van der Waals surface area contributed by atoms with E-state index < -0.39 is 8.07 Å². The lowest BCUT2D eigenvalue weighted by Gasteiger charge is -2.03. The quantitative estimate of drug-likeness (QED) is 0.396. The summed E-state index contributed by atoms with van der Waals surface area (Å²) < 4.78 is 10.3. The molecule has 0 atom stereocenters. The van der Waals surface area contributed by atoms with Gasteiger partial charge in [0.25, 0.3) is 0 Å². The van der Waals surface area contributed by atoms with Crippen molar-refractivity contribution >= 4 is 15.2 Å². The molecule has 1 rings (SSSR count). The summed E-state index contributed by atoms with van der Waals surface area (Å²) in [5.74, 6) is 2.99. The standard InChI is InChI=1S/C7H13BO2Si/c1-11(2,3)7-4-8-9-5-6-10-8/h5-6H2,1-3H3. The fourth-order valence-electron chi connectivity index (χ4n) is 0.717. The zero-order chi connectivity index (χ0) is 8.32. The molecule has 0 spiro atoms. The van der Waals surface area contributed by atoms with Crippen LogP contribution in [-0.4, -0.2) is 28.4 Å². The summed E-state index contributed by atoms with van der Waals surface area (Å²) in [6.07, 6.45) is 0. The summed E-state index contributed by atoms with van der Waals surface area (Å²) in [5, 5.41) is 0. The van der Waals surface area contributed by atoms with Crippen LogP contribution in [0, 0.1) is 11.4 Å². The Morgan fingerprint density at radius 3 is 2.18 bits per heavy atom. The largest absolute Gasteiger partial charge is 0.549 e. The Kier molecular flexibility index (Phi) is 2.77. The summed E-state index contributed by atoms with van der Waals surface area (Å²) >= 11 is 0. The summed E-state index contributed by atoms with van der Waals surface area (Å²) in [4.78, 5) is 0. The van der Waals surface area contributed by atoms with Crippen LogP contribution in [0.15, 0.2) is 0 Å². The Hall–Kier alpha value is -0.238. The van der Waals surface area contributed by atoms with Crippen LogP contribution in [0.1, 0.15) is 0 Å². The Bertz CT molecular complexity index is 183. The molecule has 4 heteroatoms. The predicted molar refractivity (Wildman–Crippen MR) is 48.8 cm³/mol. The van der Waals surface area contributed by atoms with Gasteiger partial charge in [-0.2, -0.15) is 0 Å². The minimum atomic E-state index is -1.25. The Balaban J connectivity index is 2.42. The van der Waals surface area contributed by atoms with E-state index in [1.165, 1.54) is 0 Å². The molecule has 0 saturated carbocycles. The highest BCUT2D eigenvalue weighted by Crippen LogP contribution is 2.00. The molecule has 0 aromatic heterocycles. The van der Waals surface area contributed by atoms with Crippen molar-refractivity contribution < 1.29 is 9.31 Å². The zero-order valence-corrected chi connectivity index (χ0v) is 8.31. The van der Waals surface area contributed by atoms with E-state index >= 15 is 0 Å². The van der Waals surface area contributed by atoms with Crippen molar-refractivity contribution in [3.8, 4) is 11.4 Å². The van der Waals surface area contributed by atoms with Gasteiger partial charge < -0.3 is 9.31 Å². The monoisotopic (exact) mass is 168 g/mol. The molecule has 0 bridgehead atoms. The summed E-state index contributed by atoms with van der Waals surface area (Å²) in [6, 6.07) is 0. The van der Waals surface area contributed by atoms with Gasteiger partial charge in [0.2, 0.25) is 0 Å². The van der Waals surface area contributed by atoms with Gasteiger partial charge in [-0.25, -0.2) is 0 Å². The van der Waals surface area contributed by atoms with Gasteiger partial charge in [-0.15, -0.1) is 5.54 Å². The summed E-state index contributed by atoms with van der Waals surface area (Å²) in [5.41, 5.74) is 3.20. The molecule has 0 aromatic carbocycles. The first-order chi connectivity index (χ1) is 5.08. The van der Waals surface area contributed by atoms with Gasteiger partial charge in [-0.05, 0) is 0 Å². The average molecular weight is 168 g/mol. The highest BCUT2D eigenvalue weighted by Gasteiger charge is 2.21. The van der Waals surface area contributed by atoms with Crippen molar-refractivity contribution in [2.45, 2.75) is 19.6 Å². The van der Waals surface area contributed by atoms with Crippen LogP contribution >= 0.6 is 0 Å². The van der Waals surface area contributed by atoms with Gasteiger partial charge in [0.05, 0.1) is 13.2 Å². The van der Waals surface area contributed by atoms with Gasteiger partial charge >= 0.3 is 7.12 Å². The van der Waals surface area contributed by atoms with E-state index in [0.717, 1.165) is 0 Å². The molecule has 0 aromatic rings. The molecule has 1 heterocycles. The molecule has 1 aliphatic heterocycles. The molecule has 0 N–H and O–H groups in total. The van der Waals surface area contributed by atoms with E-state index in [4.69, 9.17) is 9.31 Å². The Morgan fingerprint density at radius 2 is 1.73 bits per heavy atom. The van der Waals surface area contributed by atoms with Gasteiger partial charge in [0, 0.05) is 0 Å². The van der Waals surface area contributed by atoms with E-state index in [1.54, 1.807) is 0 Å². The molecule has 0 radical (unpaired) electrons. The normalized spacial score (nSPS) is 17.9. The number of rotatable bonds is 0. The van der Waals surface area contributed by atoms with Crippen LogP contribution in [0.3, 0.4) is 0 Å². The maximum atomic E-state index is 5.17. The van der Waals surface area contributed by atoms with E-state index in [9.17, 15) is 0 Å². The van der Waals surface area contributed by atoms with E-state index in [2.05, 4.69) is 31.0 Å². The van der Waals surface area contributed by atoms with Crippen LogP contribution in [0.25, 0.3) is 0 Å². The van der Waals surface area contributed by atoms with Gasteiger partial charge in [-0.3, -0.25) is 0 Å². The van der Waals surface area contributed by atoms with Crippen LogP contribution in [0.4, 0.5) is 0 Å². The Labute approximate surface area is 69.4 Å². The third-order valence-corrected chi connectivity index (χ3v) is 2.08. The second-order valence-corrected chi connectivity index (χ2v) is 8.34. The molecule has 1 aliphatic rings. The topological polar surface area (TPSA) is 18.5 Å². The zero-order valence-electron chi connectivity index (χ0n) is 7.31. The number of hydrogen-bond acceptors (Lipinski definition) is 2. The molecule has 0 unspecified atom stereocenters. The second-order valence-electron chi connectivity index (χ2n) is 3.59. The van der Waals surface area contributed by atoms with Gasteiger partial charge in [-0.1, -0.05) is 25.5 Å². The van der Waals surface area contributed by atoms with Crippen molar-refractivity contribution in [2.75, 3.05) is 13.2 Å². The maximum absolute atomic E-state index is 5.17. The maximum Gasteiger partial charge on any atom is 0.549 e. The van der Waals surface area contributed by atoms with E-state index in [-0.39, 0.29) is 7.12 Å². The first kappa shape index (κ1) is 8.85. The molecule has 0 aliphatic carbocycles. The first-order valence-electron chi connectivity index (χ1n) is 3.84. The van der Waals surface area contributed by atoms with Crippen LogP contribution in [0.5, 0.6) is 0 Å². The van der Waals surface area contributed by atoms with E-state index in [1.807, 2.05) is 0 Å². The third kappa shape index (κ3) is 3.61. The van der Waals surface area contributed by atoms with Crippen molar-refractivity contribution in [3.63, 3.8) is 0 Å². The second kappa shape index (κ2) is 3.44. The lowest BCUT2D eigenvalue weighted by atomic mass is 9.94. The fraction of sp³-hybridized carbons (Fsp3) is 0.714. The smallest absolute Gasteiger partial charge is 0.398 e. The minimum absolute atomic E-state index is 0.248. The lowest BCUT2D eigenvalue weighted by Crippen LogP contribution is -2.19. The lowest BCUT2D eigenvalue weighted by molar-refractivity contribution is 0.365. The minimum Gasteiger partial charge on any atom is -0.398 e.